The lowest BCUT2D eigenvalue weighted by molar-refractivity contribution is 0.272. The lowest BCUT2D eigenvalue weighted by Gasteiger charge is -2.14. The summed E-state index contributed by atoms with van der Waals surface area (Å²) in [7, 11) is -1.93. The third-order valence-electron chi connectivity index (χ3n) is 3.24. The summed E-state index contributed by atoms with van der Waals surface area (Å²) in [5.74, 6) is 0. The third kappa shape index (κ3) is 3.74. The lowest BCUT2D eigenvalue weighted by atomic mass is 10.1. The molecule has 0 aliphatic carbocycles. The van der Waals surface area contributed by atoms with Gasteiger partial charge in [0.25, 0.3) is 0 Å². The van der Waals surface area contributed by atoms with Gasteiger partial charge in [0.05, 0.1) is 11.5 Å². The van der Waals surface area contributed by atoms with Crippen molar-refractivity contribution < 1.29 is 13.5 Å². The molecule has 0 bridgehead atoms. The quantitative estimate of drug-likeness (QED) is 0.845. The van der Waals surface area contributed by atoms with Crippen LogP contribution in [0.1, 0.15) is 24.2 Å². The van der Waals surface area contributed by atoms with Crippen molar-refractivity contribution in [3.63, 3.8) is 0 Å². The van der Waals surface area contributed by atoms with Crippen molar-refractivity contribution in [2.75, 3.05) is 0 Å². The summed E-state index contributed by atoms with van der Waals surface area (Å²) >= 11 is 3.37. The molecule has 1 aromatic heterocycles. The molecule has 1 heterocycles. The number of aromatic nitrogens is 1. The van der Waals surface area contributed by atoms with Crippen molar-refractivity contribution in [1.82, 2.24) is 9.29 Å². The highest BCUT2D eigenvalue weighted by Gasteiger charge is 2.20. The van der Waals surface area contributed by atoms with Gasteiger partial charge in [0, 0.05) is 29.5 Å². The fourth-order valence-electron chi connectivity index (χ4n) is 2.03. The molecule has 0 saturated carbocycles. The highest BCUT2D eigenvalue weighted by molar-refractivity contribution is 9.10. The molecule has 114 valence electrons. The van der Waals surface area contributed by atoms with Crippen LogP contribution in [-0.2, 0) is 23.7 Å². The monoisotopic (exact) mass is 372 g/mol. The number of aliphatic hydroxyl groups is 1. The molecule has 0 aliphatic heterocycles. The van der Waals surface area contributed by atoms with Crippen molar-refractivity contribution in [2.24, 2.45) is 7.05 Å². The lowest BCUT2D eigenvalue weighted by Crippen LogP contribution is -2.26. The SMILES string of the molecule is CC(NS(=O)(=O)c1cc(CO)n(C)c1)c1cccc(Br)c1. The first-order valence-corrected chi connectivity index (χ1v) is 8.65. The number of nitrogens with one attached hydrogen (secondary N) is 1. The molecular weight excluding hydrogens is 356 g/mol. The van der Waals surface area contributed by atoms with Gasteiger partial charge in [0.15, 0.2) is 0 Å². The molecular formula is C14H17BrN2O3S. The molecule has 2 N–H and O–H groups in total. The maximum absolute atomic E-state index is 12.4. The summed E-state index contributed by atoms with van der Waals surface area (Å²) in [4.78, 5) is 0.149. The molecule has 0 amide bonds. The highest BCUT2D eigenvalue weighted by atomic mass is 79.9. The van der Waals surface area contributed by atoms with Gasteiger partial charge in [0.1, 0.15) is 0 Å². The first-order chi connectivity index (χ1) is 9.83. The minimum atomic E-state index is -3.63. The van der Waals surface area contributed by atoms with Gasteiger partial charge in [-0.05, 0) is 30.7 Å². The fourth-order valence-corrected chi connectivity index (χ4v) is 3.77. The minimum Gasteiger partial charge on any atom is -0.390 e. The second-order valence-corrected chi connectivity index (χ2v) is 7.46. The van der Waals surface area contributed by atoms with Crippen molar-refractivity contribution in [1.29, 1.82) is 0 Å². The predicted molar refractivity (Wildman–Crippen MR) is 84.2 cm³/mol. The Labute approximate surface area is 132 Å². The summed E-state index contributed by atoms with van der Waals surface area (Å²) in [6.45, 7) is 1.59. The summed E-state index contributed by atoms with van der Waals surface area (Å²) in [5, 5.41) is 9.15. The smallest absolute Gasteiger partial charge is 0.242 e. The van der Waals surface area contributed by atoms with Gasteiger partial charge >= 0.3 is 0 Å². The van der Waals surface area contributed by atoms with Crippen LogP contribution in [0.5, 0.6) is 0 Å². The molecule has 0 aliphatic rings. The topological polar surface area (TPSA) is 71.3 Å². The minimum absolute atomic E-state index is 0.149. The standard InChI is InChI=1S/C14H17BrN2O3S/c1-10(11-4-3-5-12(15)6-11)16-21(19,20)14-7-13(9-18)17(2)8-14/h3-8,10,16,18H,9H2,1-2H3. The molecule has 1 unspecified atom stereocenters. The van der Waals surface area contributed by atoms with Gasteiger partial charge in [-0.1, -0.05) is 28.1 Å². The molecule has 21 heavy (non-hydrogen) atoms. The Morgan fingerprint density at radius 3 is 2.67 bits per heavy atom. The van der Waals surface area contributed by atoms with E-state index in [1.807, 2.05) is 24.3 Å². The average molecular weight is 373 g/mol. The van der Waals surface area contributed by atoms with Crippen LogP contribution in [0, 0.1) is 0 Å². The number of nitrogens with zero attached hydrogens (tertiary/aromatic N) is 1. The number of benzene rings is 1. The molecule has 0 fully saturated rings. The van der Waals surface area contributed by atoms with Gasteiger partial charge < -0.3 is 9.67 Å². The Morgan fingerprint density at radius 2 is 2.10 bits per heavy atom. The first kappa shape index (κ1) is 16.2. The Bertz CT molecular complexity index is 740. The van der Waals surface area contributed by atoms with E-state index >= 15 is 0 Å². The molecule has 0 saturated heterocycles. The molecule has 1 atom stereocenters. The first-order valence-electron chi connectivity index (χ1n) is 6.37. The number of aryl methyl sites for hydroxylation is 1. The average Bonchev–Trinajstić information content (AvgIpc) is 2.80. The zero-order valence-corrected chi connectivity index (χ0v) is 14.1. The van der Waals surface area contributed by atoms with Crippen LogP contribution in [-0.4, -0.2) is 18.1 Å². The zero-order valence-electron chi connectivity index (χ0n) is 11.7. The van der Waals surface area contributed by atoms with E-state index in [1.54, 1.807) is 18.5 Å². The fraction of sp³-hybridized carbons (Fsp3) is 0.286. The second kappa shape index (κ2) is 6.31. The predicted octanol–water partition coefficient (Wildman–Crippen LogP) is 2.32. The Hall–Kier alpha value is -1.15. The maximum atomic E-state index is 12.4. The van der Waals surface area contributed by atoms with Crippen LogP contribution in [0.2, 0.25) is 0 Å². The molecule has 7 heteroatoms. The molecule has 5 nitrogen and oxygen atoms in total. The number of rotatable bonds is 5. The molecule has 0 radical (unpaired) electrons. The largest absolute Gasteiger partial charge is 0.390 e. The van der Waals surface area contributed by atoms with Crippen LogP contribution in [0.25, 0.3) is 0 Å². The normalized spacial score (nSPS) is 13.3. The molecule has 2 aromatic rings. The van der Waals surface area contributed by atoms with E-state index in [-0.39, 0.29) is 17.5 Å². The summed E-state index contributed by atoms with van der Waals surface area (Å²) < 4.78 is 29.9. The van der Waals surface area contributed by atoms with E-state index in [1.165, 1.54) is 12.3 Å². The van der Waals surface area contributed by atoms with Gasteiger partial charge in [-0.25, -0.2) is 13.1 Å². The third-order valence-corrected chi connectivity index (χ3v) is 5.24. The summed E-state index contributed by atoms with van der Waals surface area (Å²) in [5.41, 5.74) is 1.41. The van der Waals surface area contributed by atoms with Gasteiger partial charge in [-0.3, -0.25) is 0 Å². The highest BCUT2D eigenvalue weighted by Crippen LogP contribution is 2.21. The van der Waals surface area contributed by atoms with Gasteiger partial charge in [0.2, 0.25) is 10.0 Å². The van der Waals surface area contributed by atoms with Crippen LogP contribution in [0.15, 0.2) is 45.9 Å². The Balaban J connectivity index is 2.24. The van der Waals surface area contributed by atoms with E-state index in [2.05, 4.69) is 20.7 Å². The van der Waals surface area contributed by atoms with E-state index < -0.39 is 10.0 Å². The summed E-state index contributed by atoms with van der Waals surface area (Å²) in [6.07, 6.45) is 1.49. The van der Waals surface area contributed by atoms with Crippen LogP contribution in [0.4, 0.5) is 0 Å². The Morgan fingerprint density at radius 1 is 1.38 bits per heavy atom. The van der Waals surface area contributed by atoms with Gasteiger partial charge in [-0.2, -0.15) is 0 Å². The van der Waals surface area contributed by atoms with Crippen LogP contribution in [0.3, 0.4) is 0 Å². The number of halogens is 1. The molecule has 0 spiro atoms. The summed E-state index contributed by atoms with van der Waals surface area (Å²) in [6, 6.07) is 8.59. The molecule has 1 aromatic carbocycles. The van der Waals surface area contributed by atoms with E-state index in [9.17, 15) is 8.42 Å². The number of aliphatic hydroxyl groups excluding tert-OH is 1. The molecule has 2 rings (SSSR count). The Kier molecular flexibility index (Phi) is 4.88. The number of sulfonamides is 1. The van der Waals surface area contributed by atoms with Crippen molar-refractivity contribution in [2.45, 2.75) is 24.5 Å². The second-order valence-electron chi connectivity index (χ2n) is 4.83. The number of hydrogen-bond acceptors (Lipinski definition) is 3. The van der Waals surface area contributed by atoms with Crippen molar-refractivity contribution in [3.05, 3.63) is 52.3 Å². The van der Waals surface area contributed by atoms with Crippen LogP contribution < -0.4 is 4.72 Å². The van der Waals surface area contributed by atoms with Crippen molar-refractivity contribution in [3.8, 4) is 0 Å². The van der Waals surface area contributed by atoms with Gasteiger partial charge in [-0.15, -0.1) is 0 Å². The van der Waals surface area contributed by atoms with E-state index in [4.69, 9.17) is 5.11 Å². The van der Waals surface area contributed by atoms with E-state index in [0.29, 0.717) is 5.69 Å². The van der Waals surface area contributed by atoms with Crippen molar-refractivity contribution >= 4 is 26.0 Å². The number of hydrogen-bond donors (Lipinski definition) is 2. The van der Waals surface area contributed by atoms with E-state index in [0.717, 1.165) is 10.0 Å². The maximum Gasteiger partial charge on any atom is 0.242 e. The van der Waals surface area contributed by atoms with Crippen LogP contribution >= 0.6 is 15.9 Å². The zero-order chi connectivity index (χ0) is 15.6.